The largest absolute Gasteiger partial charge is 0.308 e. The normalized spacial score (nSPS) is 14.1. The van der Waals surface area contributed by atoms with Gasteiger partial charge in [-0.05, 0) is 37.8 Å². The second kappa shape index (κ2) is 6.46. The number of hydrogen-bond acceptors (Lipinski definition) is 4. The zero-order chi connectivity index (χ0) is 15.5. The zero-order valence-electron chi connectivity index (χ0n) is 13.1. The summed E-state index contributed by atoms with van der Waals surface area (Å²) in [6, 6.07) is 4.78. The van der Waals surface area contributed by atoms with Crippen molar-refractivity contribution in [2.45, 2.75) is 39.4 Å². The van der Waals surface area contributed by atoms with E-state index in [0.29, 0.717) is 12.1 Å². The number of thiophene rings is 1. The Morgan fingerprint density at radius 2 is 2.23 bits per heavy atom. The summed E-state index contributed by atoms with van der Waals surface area (Å²) in [5, 5.41) is 17.3. The Labute approximate surface area is 134 Å². The summed E-state index contributed by atoms with van der Waals surface area (Å²) in [5.41, 5.74) is 3.49. The Morgan fingerprint density at radius 1 is 1.36 bits per heavy atom. The number of H-pyrrole nitrogens is 1. The van der Waals surface area contributed by atoms with E-state index in [1.54, 1.807) is 11.3 Å². The number of nitrogens with zero attached hydrogens (tertiary/aromatic N) is 3. The van der Waals surface area contributed by atoms with Gasteiger partial charge in [0.25, 0.3) is 0 Å². The predicted molar refractivity (Wildman–Crippen MR) is 89.9 cm³/mol. The Balaban J connectivity index is 1.64. The third kappa shape index (κ3) is 3.13. The molecule has 0 aliphatic carbocycles. The molecule has 0 bridgehead atoms. The Bertz CT molecular complexity index is 713. The smallest absolute Gasteiger partial charge is 0.0794 e. The summed E-state index contributed by atoms with van der Waals surface area (Å²) < 4.78 is 2.02. The van der Waals surface area contributed by atoms with E-state index in [1.807, 2.05) is 17.1 Å². The minimum absolute atomic E-state index is 0.297. The maximum absolute atomic E-state index is 4.40. The highest BCUT2D eigenvalue weighted by atomic mass is 32.1. The van der Waals surface area contributed by atoms with Crippen molar-refractivity contribution in [3.05, 3.63) is 47.2 Å². The van der Waals surface area contributed by atoms with Crippen LogP contribution < -0.4 is 5.32 Å². The van der Waals surface area contributed by atoms with Crippen LogP contribution in [0.25, 0.3) is 10.6 Å². The van der Waals surface area contributed by atoms with Gasteiger partial charge in [-0.2, -0.15) is 10.2 Å². The third-order valence-corrected chi connectivity index (χ3v) is 4.86. The number of hydrogen-bond donors (Lipinski definition) is 2. The molecular weight excluding hydrogens is 294 g/mol. The quantitative estimate of drug-likeness (QED) is 0.733. The molecule has 0 spiro atoms. The lowest BCUT2D eigenvalue weighted by Crippen LogP contribution is -2.33. The van der Waals surface area contributed by atoms with Crippen LogP contribution in [-0.4, -0.2) is 26.0 Å². The lowest BCUT2D eigenvalue weighted by molar-refractivity contribution is 0.365. The van der Waals surface area contributed by atoms with Crippen molar-refractivity contribution in [3.63, 3.8) is 0 Å². The van der Waals surface area contributed by atoms with Gasteiger partial charge in [-0.15, -0.1) is 11.3 Å². The summed E-state index contributed by atoms with van der Waals surface area (Å²) in [6.07, 6.45) is 5.88. The standard InChI is InChI=1S/C16H21N5S/c1-11-7-19-21(10-11)13(3)12(2)17-8-14-9-18-20-16(14)15-5-4-6-22-15/h4-7,9-10,12-13,17H,8H2,1-3H3,(H,18,20). The molecule has 3 rings (SSSR count). The van der Waals surface area contributed by atoms with Crippen molar-refractivity contribution < 1.29 is 0 Å². The van der Waals surface area contributed by atoms with E-state index in [4.69, 9.17) is 0 Å². The molecule has 2 unspecified atom stereocenters. The molecule has 2 N–H and O–H groups in total. The minimum atomic E-state index is 0.297. The SMILES string of the molecule is Cc1cnn(C(C)C(C)NCc2cn[nH]c2-c2cccs2)c1. The summed E-state index contributed by atoms with van der Waals surface area (Å²) in [4.78, 5) is 1.22. The Morgan fingerprint density at radius 3 is 2.91 bits per heavy atom. The molecule has 0 radical (unpaired) electrons. The molecule has 116 valence electrons. The van der Waals surface area contributed by atoms with E-state index in [2.05, 4.69) is 65.1 Å². The first-order chi connectivity index (χ1) is 10.6. The second-order valence-corrected chi connectivity index (χ2v) is 6.60. The highest BCUT2D eigenvalue weighted by Gasteiger charge is 2.16. The van der Waals surface area contributed by atoms with Crippen molar-refractivity contribution >= 4 is 11.3 Å². The van der Waals surface area contributed by atoms with Crippen LogP contribution in [0.1, 0.15) is 31.0 Å². The molecule has 0 saturated heterocycles. The average Bonchev–Trinajstić information content (AvgIpc) is 3.24. The Kier molecular flexibility index (Phi) is 4.40. The lowest BCUT2D eigenvalue weighted by atomic mass is 10.1. The van der Waals surface area contributed by atoms with Gasteiger partial charge in [-0.1, -0.05) is 6.07 Å². The molecule has 3 heterocycles. The topological polar surface area (TPSA) is 58.5 Å². The highest BCUT2D eigenvalue weighted by molar-refractivity contribution is 7.13. The van der Waals surface area contributed by atoms with Crippen LogP contribution in [0, 0.1) is 6.92 Å². The fourth-order valence-electron chi connectivity index (χ4n) is 2.41. The van der Waals surface area contributed by atoms with Crippen LogP contribution in [0.15, 0.2) is 36.1 Å². The predicted octanol–water partition coefficient (Wildman–Crippen LogP) is 3.38. The third-order valence-electron chi connectivity index (χ3n) is 3.97. The van der Waals surface area contributed by atoms with Gasteiger partial charge in [-0.3, -0.25) is 9.78 Å². The first-order valence-corrected chi connectivity index (χ1v) is 8.33. The van der Waals surface area contributed by atoms with Crippen molar-refractivity contribution in [1.29, 1.82) is 0 Å². The monoisotopic (exact) mass is 315 g/mol. The van der Waals surface area contributed by atoms with E-state index in [9.17, 15) is 0 Å². The maximum atomic E-state index is 4.40. The molecule has 0 aromatic carbocycles. The van der Waals surface area contributed by atoms with Gasteiger partial charge in [-0.25, -0.2) is 0 Å². The molecule has 22 heavy (non-hydrogen) atoms. The van der Waals surface area contributed by atoms with Gasteiger partial charge in [0.15, 0.2) is 0 Å². The van der Waals surface area contributed by atoms with Crippen molar-refractivity contribution in [1.82, 2.24) is 25.3 Å². The molecule has 0 saturated carbocycles. The maximum Gasteiger partial charge on any atom is 0.0794 e. The van der Waals surface area contributed by atoms with Crippen molar-refractivity contribution in [3.8, 4) is 10.6 Å². The van der Waals surface area contributed by atoms with Gasteiger partial charge in [0.2, 0.25) is 0 Å². The molecule has 0 amide bonds. The van der Waals surface area contributed by atoms with Gasteiger partial charge in [0.1, 0.15) is 0 Å². The molecule has 0 fully saturated rings. The summed E-state index contributed by atoms with van der Waals surface area (Å²) >= 11 is 1.72. The van der Waals surface area contributed by atoms with E-state index >= 15 is 0 Å². The zero-order valence-corrected chi connectivity index (χ0v) is 13.9. The molecule has 3 aromatic heterocycles. The number of aromatic nitrogens is 4. The number of rotatable bonds is 6. The van der Waals surface area contributed by atoms with Gasteiger partial charge < -0.3 is 5.32 Å². The van der Waals surface area contributed by atoms with E-state index in [-0.39, 0.29) is 0 Å². The average molecular weight is 315 g/mol. The molecule has 0 aliphatic heterocycles. The molecule has 6 heteroatoms. The molecule has 3 aromatic rings. The number of aromatic amines is 1. The van der Waals surface area contributed by atoms with Gasteiger partial charge in [0, 0.05) is 24.3 Å². The van der Waals surface area contributed by atoms with Gasteiger partial charge >= 0.3 is 0 Å². The van der Waals surface area contributed by atoms with E-state index < -0.39 is 0 Å². The molecule has 2 atom stereocenters. The first-order valence-electron chi connectivity index (χ1n) is 7.45. The lowest BCUT2D eigenvalue weighted by Gasteiger charge is -2.21. The van der Waals surface area contributed by atoms with Crippen molar-refractivity contribution in [2.75, 3.05) is 0 Å². The first kappa shape index (κ1) is 15.0. The summed E-state index contributed by atoms with van der Waals surface area (Å²) in [7, 11) is 0. The van der Waals surface area contributed by atoms with Gasteiger partial charge in [0.05, 0.1) is 29.0 Å². The van der Waals surface area contributed by atoms with Crippen LogP contribution in [0.2, 0.25) is 0 Å². The van der Waals surface area contributed by atoms with Crippen LogP contribution >= 0.6 is 11.3 Å². The summed E-state index contributed by atoms with van der Waals surface area (Å²) in [5.74, 6) is 0. The van der Waals surface area contributed by atoms with Crippen molar-refractivity contribution in [2.24, 2.45) is 0 Å². The fourth-order valence-corrected chi connectivity index (χ4v) is 3.16. The van der Waals surface area contributed by atoms with Crippen LogP contribution in [-0.2, 0) is 6.54 Å². The Hall–Kier alpha value is -1.92. The number of aryl methyl sites for hydroxylation is 1. The van der Waals surface area contributed by atoms with Crippen LogP contribution in [0.4, 0.5) is 0 Å². The van der Waals surface area contributed by atoms with E-state index in [0.717, 1.165) is 12.2 Å². The van der Waals surface area contributed by atoms with Crippen LogP contribution in [0.5, 0.6) is 0 Å². The molecule has 5 nitrogen and oxygen atoms in total. The number of nitrogens with one attached hydrogen (secondary N) is 2. The molecule has 0 aliphatic rings. The van der Waals surface area contributed by atoms with E-state index in [1.165, 1.54) is 16.0 Å². The minimum Gasteiger partial charge on any atom is -0.308 e. The molecular formula is C16H21N5S. The van der Waals surface area contributed by atoms with Crippen LogP contribution in [0.3, 0.4) is 0 Å². The second-order valence-electron chi connectivity index (χ2n) is 5.66. The summed E-state index contributed by atoms with van der Waals surface area (Å²) in [6.45, 7) is 7.22. The fraction of sp³-hybridized carbons (Fsp3) is 0.375. The highest BCUT2D eigenvalue weighted by Crippen LogP contribution is 2.25.